The Labute approximate surface area is 108 Å². The minimum Gasteiger partial charge on any atom is -0.497 e. The van der Waals surface area contributed by atoms with Crippen LogP contribution in [0, 0.1) is 0 Å². The molecule has 1 rings (SSSR count). The summed E-state index contributed by atoms with van der Waals surface area (Å²) in [6.45, 7) is 5.78. The molecule has 1 aromatic rings. The van der Waals surface area contributed by atoms with Gasteiger partial charge in [-0.3, -0.25) is 0 Å². The lowest BCUT2D eigenvalue weighted by molar-refractivity contribution is 0.0615. The van der Waals surface area contributed by atoms with Crippen molar-refractivity contribution >= 4 is 0 Å². The molecule has 0 bridgehead atoms. The number of benzene rings is 1. The molecule has 0 aliphatic rings. The van der Waals surface area contributed by atoms with Gasteiger partial charge in [0, 0.05) is 5.56 Å². The second-order valence-electron chi connectivity index (χ2n) is 5.22. The minimum atomic E-state index is -0.598. The molecule has 18 heavy (non-hydrogen) atoms. The van der Waals surface area contributed by atoms with Crippen molar-refractivity contribution < 1.29 is 19.7 Å². The van der Waals surface area contributed by atoms with E-state index in [4.69, 9.17) is 19.7 Å². The summed E-state index contributed by atoms with van der Waals surface area (Å²) in [5, 5.41) is 18.1. The molecule has 0 atom stereocenters. The van der Waals surface area contributed by atoms with E-state index in [1.807, 2.05) is 6.07 Å². The van der Waals surface area contributed by atoms with E-state index in [0.717, 1.165) is 11.3 Å². The first-order valence-corrected chi connectivity index (χ1v) is 5.99. The van der Waals surface area contributed by atoms with Crippen LogP contribution in [0.1, 0.15) is 26.3 Å². The third kappa shape index (κ3) is 3.62. The molecule has 2 N–H and O–H groups in total. The van der Waals surface area contributed by atoms with Crippen molar-refractivity contribution in [2.75, 3.05) is 20.3 Å². The fourth-order valence-electron chi connectivity index (χ4n) is 1.64. The van der Waals surface area contributed by atoms with Gasteiger partial charge in [-0.25, -0.2) is 0 Å². The molecule has 4 heteroatoms. The Kier molecular flexibility index (Phi) is 4.99. The maximum Gasteiger partial charge on any atom is 0.145 e. The molecule has 0 aliphatic carbocycles. The molecule has 0 fully saturated rings. The summed E-state index contributed by atoms with van der Waals surface area (Å²) in [7, 11) is 1.62. The highest BCUT2D eigenvalue weighted by Crippen LogP contribution is 2.34. The molecule has 0 unspecified atom stereocenters. The van der Waals surface area contributed by atoms with E-state index in [9.17, 15) is 0 Å². The van der Waals surface area contributed by atoms with Crippen molar-refractivity contribution in [3.05, 3.63) is 23.8 Å². The van der Waals surface area contributed by atoms with Crippen LogP contribution in [0.4, 0.5) is 0 Å². The van der Waals surface area contributed by atoms with Crippen molar-refractivity contribution in [1.29, 1.82) is 0 Å². The van der Waals surface area contributed by atoms with Gasteiger partial charge in [0.05, 0.1) is 20.3 Å². The summed E-state index contributed by atoms with van der Waals surface area (Å²) in [4.78, 5) is 0. The van der Waals surface area contributed by atoms with Crippen LogP contribution in [0.2, 0.25) is 0 Å². The van der Waals surface area contributed by atoms with E-state index in [0.29, 0.717) is 5.75 Å². The summed E-state index contributed by atoms with van der Waals surface area (Å²) in [5.74, 6) is 1.42. The molecule has 1 aromatic carbocycles. The molecular weight excluding hydrogens is 232 g/mol. The first-order valence-electron chi connectivity index (χ1n) is 5.99. The maximum atomic E-state index is 9.07. The Hall–Kier alpha value is -1.26. The van der Waals surface area contributed by atoms with Crippen LogP contribution in [-0.4, -0.2) is 36.6 Å². The molecular formula is C14H22O4. The van der Waals surface area contributed by atoms with Crippen molar-refractivity contribution in [1.82, 2.24) is 0 Å². The maximum absolute atomic E-state index is 9.07. The first kappa shape index (κ1) is 14.8. The number of hydrogen-bond donors (Lipinski definition) is 2. The molecule has 0 heterocycles. The second kappa shape index (κ2) is 6.07. The standard InChI is InChI=1S/C14H22O4/c1-14(2,3)12-7-10(17-4)5-6-13(12)18-11(8-15)9-16/h5-7,11,15-16H,8-9H2,1-4H3. The van der Waals surface area contributed by atoms with Gasteiger partial charge in [0.25, 0.3) is 0 Å². The lowest BCUT2D eigenvalue weighted by Crippen LogP contribution is -2.26. The number of aliphatic hydroxyl groups is 2. The predicted octanol–water partition coefficient (Wildman–Crippen LogP) is 1.72. The molecule has 0 aliphatic heterocycles. The van der Waals surface area contributed by atoms with Gasteiger partial charge in [-0.15, -0.1) is 0 Å². The number of ether oxygens (including phenoxy) is 2. The second-order valence-corrected chi connectivity index (χ2v) is 5.22. The molecule has 0 amide bonds. The third-order valence-corrected chi connectivity index (χ3v) is 2.70. The van der Waals surface area contributed by atoms with Crippen LogP contribution in [0.25, 0.3) is 0 Å². The fourth-order valence-corrected chi connectivity index (χ4v) is 1.64. The van der Waals surface area contributed by atoms with E-state index < -0.39 is 6.10 Å². The fraction of sp³-hybridized carbons (Fsp3) is 0.571. The highest BCUT2D eigenvalue weighted by atomic mass is 16.5. The highest BCUT2D eigenvalue weighted by Gasteiger charge is 2.21. The van der Waals surface area contributed by atoms with Gasteiger partial charge in [-0.2, -0.15) is 0 Å². The summed E-state index contributed by atoms with van der Waals surface area (Å²) in [5.41, 5.74) is 0.869. The Morgan fingerprint density at radius 2 is 1.78 bits per heavy atom. The normalized spacial score (nSPS) is 11.7. The average Bonchev–Trinajstić information content (AvgIpc) is 2.34. The smallest absolute Gasteiger partial charge is 0.145 e. The summed E-state index contributed by atoms with van der Waals surface area (Å²) in [6, 6.07) is 5.52. The average molecular weight is 254 g/mol. The van der Waals surface area contributed by atoms with Gasteiger partial charge in [0.15, 0.2) is 0 Å². The van der Waals surface area contributed by atoms with Gasteiger partial charge < -0.3 is 19.7 Å². The largest absolute Gasteiger partial charge is 0.497 e. The molecule has 102 valence electrons. The topological polar surface area (TPSA) is 58.9 Å². The Morgan fingerprint density at radius 1 is 1.17 bits per heavy atom. The highest BCUT2D eigenvalue weighted by molar-refractivity contribution is 5.44. The lowest BCUT2D eigenvalue weighted by atomic mass is 9.86. The van der Waals surface area contributed by atoms with Crippen LogP contribution in [0.3, 0.4) is 0 Å². The van der Waals surface area contributed by atoms with Crippen molar-refractivity contribution in [3.8, 4) is 11.5 Å². The van der Waals surface area contributed by atoms with E-state index in [1.165, 1.54) is 0 Å². The summed E-state index contributed by atoms with van der Waals surface area (Å²) in [6.07, 6.45) is -0.598. The zero-order chi connectivity index (χ0) is 13.8. The van der Waals surface area contributed by atoms with Crippen LogP contribution < -0.4 is 9.47 Å². The Bertz CT molecular complexity index is 378. The van der Waals surface area contributed by atoms with E-state index in [1.54, 1.807) is 19.2 Å². The first-order chi connectivity index (χ1) is 8.42. The van der Waals surface area contributed by atoms with Gasteiger partial charge in [0.1, 0.15) is 17.6 Å². The number of rotatable bonds is 5. The number of methoxy groups -OCH3 is 1. The van der Waals surface area contributed by atoms with Gasteiger partial charge in [-0.05, 0) is 23.6 Å². The Morgan fingerprint density at radius 3 is 2.22 bits per heavy atom. The molecule has 0 saturated heterocycles. The third-order valence-electron chi connectivity index (χ3n) is 2.70. The number of hydrogen-bond acceptors (Lipinski definition) is 4. The Balaban J connectivity index is 3.10. The van der Waals surface area contributed by atoms with Crippen LogP contribution in [0.15, 0.2) is 18.2 Å². The molecule has 0 aromatic heterocycles. The zero-order valence-electron chi connectivity index (χ0n) is 11.4. The van der Waals surface area contributed by atoms with Crippen molar-refractivity contribution in [2.45, 2.75) is 32.3 Å². The predicted molar refractivity (Wildman–Crippen MR) is 70.3 cm³/mol. The summed E-state index contributed by atoms with van der Waals surface area (Å²) >= 11 is 0. The monoisotopic (exact) mass is 254 g/mol. The van der Waals surface area contributed by atoms with E-state index in [2.05, 4.69) is 20.8 Å². The van der Waals surface area contributed by atoms with Crippen LogP contribution in [-0.2, 0) is 5.41 Å². The van der Waals surface area contributed by atoms with Crippen molar-refractivity contribution in [2.24, 2.45) is 0 Å². The van der Waals surface area contributed by atoms with Crippen molar-refractivity contribution in [3.63, 3.8) is 0 Å². The van der Waals surface area contributed by atoms with Gasteiger partial charge >= 0.3 is 0 Å². The lowest BCUT2D eigenvalue weighted by Gasteiger charge is -2.25. The van der Waals surface area contributed by atoms with E-state index in [-0.39, 0.29) is 18.6 Å². The number of aliphatic hydroxyl groups excluding tert-OH is 2. The van der Waals surface area contributed by atoms with Crippen LogP contribution >= 0.6 is 0 Å². The molecule has 0 radical (unpaired) electrons. The molecule has 0 spiro atoms. The molecule has 4 nitrogen and oxygen atoms in total. The van der Waals surface area contributed by atoms with Gasteiger partial charge in [-0.1, -0.05) is 20.8 Å². The van der Waals surface area contributed by atoms with E-state index >= 15 is 0 Å². The SMILES string of the molecule is COc1ccc(OC(CO)CO)c(C(C)(C)C)c1. The minimum absolute atomic E-state index is 0.112. The van der Waals surface area contributed by atoms with Crippen LogP contribution in [0.5, 0.6) is 11.5 Å². The molecule has 0 saturated carbocycles. The zero-order valence-corrected chi connectivity index (χ0v) is 11.4. The van der Waals surface area contributed by atoms with Gasteiger partial charge in [0.2, 0.25) is 0 Å². The quantitative estimate of drug-likeness (QED) is 0.840. The summed E-state index contributed by atoms with van der Waals surface area (Å²) < 4.78 is 10.8.